The van der Waals surface area contributed by atoms with E-state index in [1.807, 2.05) is 11.8 Å². The first-order valence-corrected chi connectivity index (χ1v) is 5.83. The molecule has 1 aliphatic rings. The van der Waals surface area contributed by atoms with Gasteiger partial charge in [-0.15, -0.1) is 0 Å². The van der Waals surface area contributed by atoms with Crippen LogP contribution in [-0.2, 0) is 0 Å². The van der Waals surface area contributed by atoms with Gasteiger partial charge in [-0.25, -0.2) is 4.79 Å². The van der Waals surface area contributed by atoms with Crippen molar-refractivity contribution >= 4 is 17.9 Å². The summed E-state index contributed by atoms with van der Waals surface area (Å²) in [5.74, 6) is 0. The van der Waals surface area contributed by atoms with Gasteiger partial charge in [-0.2, -0.15) is 11.8 Å². The molecular weight excluding hydrogens is 186 g/mol. The normalized spacial score (nSPS) is 34.2. The van der Waals surface area contributed by atoms with Gasteiger partial charge in [0, 0.05) is 10.8 Å². The highest BCUT2D eigenvalue weighted by Gasteiger charge is 2.30. The molecule has 13 heavy (non-hydrogen) atoms. The largest absolute Gasteiger partial charge is 0.465 e. The standard InChI is InChI=1S/C9H17NO2S/c1-9(13-2)5-3-7(4-6-9)10-8(11)12/h7,10H,3-6H2,1-2H3,(H,11,12). The van der Waals surface area contributed by atoms with Crippen molar-refractivity contribution in [3.05, 3.63) is 0 Å². The zero-order valence-corrected chi connectivity index (χ0v) is 8.99. The second kappa shape index (κ2) is 4.22. The first-order valence-electron chi connectivity index (χ1n) is 4.60. The lowest BCUT2D eigenvalue weighted by Gasteiger charge is -2.35. The fourth-order valence-corrected chi connectivity index (χ4v) is 2.40. The van der Waals surface area contributed by atoms with Gasteiger partial charge >= 0.3 is 6.09 Å². The van der Waals surface area contributed by atoms with Crippen LogP contribution in [0.4, 0.5) is 4.79 Å². The summed E-state index contributed by atoms with van der Waals surface area (Å²) in [4.78, 5) is 10.4. The van der Waals surface area contributed by atoms with Crippen LogP contribution >= 0.6 is 11.8 Å². The molecule has 0 aliphatic heterocycles. The Morgan fingerprint density at radius 3 is 2.46 bits per heavy atom. The Hall–Kier alpha value is -0.380. The van der Waals surface area contributed by atoms with Crippen molar-refractivity contribution in [3.63, 3.8) is 0 Å². The molecule has 1 saturated carbocycles. The topological polar surface area (TPSA) is 49.3 Å². The molecule has 0 aromatic heterocycles. The molecular formula is C9H17NO2S. The minimum Gasteiger partial charge on any atom is -0.465 e. The van der Waals surface area contributed by atoms with Crippen LogP contribution in [0.25, 0.3) is 0 Å². The summed E-state index contributed by atoms with van der Waals surface area (Å²) in [6, 6.07) is 0.178. The van der Waals surface area contributed by atoms with Crippen LogP contribution in [0.3, 0.4) is 0 Å². The number of carboxylic acid groups (broad SMARTS) is 1. The molecule has 1 fully saturated rings. The summed E-state index contributed by atoms with van der Waals surface area (Å²) in [5, 5.41) is 11.1. The molecule has 0 heterocycles. The quantitative estimate of drug-likeness (QED) is 0.724. The monoisotopic (exact) mass is 203 g/mol. The van der Waals surface area contributed by atoms with Crippen LogP contribution in [0.1, 0.15) is 32.6 Å². The average molecular weight is 203 g/mol. The number of nitrogens with one attached hydrogen (secondary N) is 1. The fraction of sp³-hybridized carbons (Fsp3) is 0.889. The molecule has 0 aromatic rings. The van der Waals surface area contributed by atoms with E-state index >= 15 is 0 Å². The number of carbonyl (C=O) groups is 1. The molecule has 3 nitrogen and oxygen atoms in total. The molecule has 76 valence electrons. The third-order valence-electron chi connectivity index (χ3n) is 2.86. The molecule has 0 aromatic carbocycles. The molecule has 0 saturated heterocycles. The van der Waals surface area contributed by atoms with Gasteiger partial charge in [-0.05, 0) is 31.9 Å². The van der Waals surface area contributed by atoms with E-state index in [-0.39, 0.29) is 6.04 Å². The predicted molar refractivity (Wildman–Crippen MR) is 55.3 cm³/mol. The van der Waals surface area contributed by atoms with Crippen molar-refractivity contribution in [2.75, 3.05) is 6.26 Å². The maximum Gasteiger partial charge on any atom is 0.404 e. The molecule has 0 bridgehead atoms. The van der Waals surface area contributed by atoms with Crippen LogP contribution in [0.5, 0.6) is 0 Å². The fourth-order valence-electron chi connectivity index (χ4n) is 1.75. The lowest BCUT2D eigenvalue weighted by Crippen LogP contribution is -2.40. The van der Waals surface area contributed by atoms with Crippen molar-refractivity contribution in [1.29, 1.82) is 0 Å². The number of rotatable bonds is 2. The molecule has 0 spiro atoms. The number of hydrogen-bond donors (Lipinski definition) is 2. The molecule has 0 unspecified atom stereocenters. The summed E-state index contributed by atoms with van der Waals surface area (Å²) in [6.07, 6.45) is 5.41. The van der Waals surface area contributed by atoms with Crippen LogP contribution in [0.2, 0.25) is 0 Å². The summed E-state index contributed by atoms with van der Waals surface area (Å²) >= 11 is 1.89. The van der Waals surface area contributed by atoms with Crippen molar-refractivity contribution in [2.45, 2.75) is 43.4 Å². The second-order valence-corrected chi connectivity index (χ2v) is 5.27. The predicted octanol–water partition coefficient (Wildman–Crippen LogP) is 2.32. The zero-order valence-electron chi connectivity index (χ0n) is 8.17. The van der Waals surface area contributed by atoms with Crippen LogP contribution < -0.4 is 5.32 Å². The van der Waals surface area contributed by atoms with Crippen LogP contribution in [0, 0.1) is 0 Å². The Kier molecular flexibility index (Phi) is 3.47. The number of thioether (sulfide) groups is 1. The van der Waals surface area contributed by atoms with E-state index in [4.69, 9.17) is 5.11 Å². The Morgan fingerprint density at radius 2 is 2.08 bits per heavy atom. The van der Waals surface area contributed by atoms with Gasteiger partial charge < -0.3 is 10.4 Å². The maximum atomic E-state index is 10.4. The van der Waals surface area contributed by atoms with Gasteiger partial charge in [-0.3, -0.25) is 0 Å². The Balaban J connectivity index is 2.34. The van der Waals surface area contributed by atoms with Gasteiger partial charge in [0.2, 0.25) is 0 Å². The molecule has 4 heteroatoms. The lowest BCUT2D eigenvalue weighted by molar-refractivity contribution is 0.184. The van der Waals surface area contributed by atoms with Crippen molar-refractivity contribution in [1.82, 2.24) is 5.32 Å². The lowest BCUT2D eigenvalue weighted by atomic mass is 9.86. The van der Waals surface area contributed by atoms with Crippen molar-refractivity contribution < 1.29 is 9.90 Å². The Morgan fingerprint density at radius 1 is 1.54 bits per heavy atom. The van der Waals surface area contributed by atoms with Crippen LogP contribution in [0.15, 0.2) is 0 Å². The SMILES string of the molecule is CSC1(C)CCC(NC(=O)O)CC1. The Labute approximate surface area is 83.3 Å². The minimum absolute atomic E-state index is 0.178. The highest BCUT2D eigenvalue weighted by Crippen LogP contribution is 2.37. The Bertz CT molecular complexity index is 188. The summed E-state index contributed by atoms with van der Waals surface area (Å²) in [7, 11) is 0. The first-order chi connectivity index (χ1) is 6.06. The smallest absolute Gasteiger partial charge is 0.404 e. The van der Waals surface area contributed by atoms with Gasteiger partial charge in [0.1, 0.15) is 0 Å². The van der Waals surface area contributed by atoms with E-state index in [9.17, 15) is 4.79 Å². The van der Waals surface area contributed by atoms with E-state index in [0.29, 0.717) is 4.75 Å². The number of hydrogen-bond acceptors (Lipinski definition) is 2. The number of amides is 1. The highest BCUT2D eigenvalue weighted by molar-refractivity contribution is 7.99. The minimum atomic E-state index is -0.891. The van der Waals surface area contributed by atoms with E-state index in [0.717, 1.165) is 25.7 Å². The molecule has 1 rings (SSSR count). The molecule has 1 aliphatic carbocycles. The van der Waals surface area contributed by atoms with Crippen molar-refractivity contribution in [3.8, 4) is 0 Å². The van der Waals surface area contributed by atoms with Gasteiger partial charge in [0.15, 0.2) is 0 Å². The van der Waals surface area contributed by atoms with Gasteiger partial charge in [0.05, 0.1) is 0 Å². The molecule has 2 N–H and O–H groups in total. The molecule has 0 atom stereocenters. The van der Waals surface area contributed by atoms with E-state index in [1.54, 1.807) is 0 Å². The highest BCUT2D eigenvalue weighted by atomic mass is 32.2. The summed E-state index contributed by atoms with van der Waals surface area (Å²) < 4.78 is 0.372. The first kappa shape index (κ1) is 10.7. The summed E-state index contributed by atoms with van der Waals surface area (Å²) in [5.41, 5.74) is 0. The summed E-state index contributed by atoms with van der Waals surface area (Å²) in [6.45, 7) is 2.26. The van der Waals surface area contributed by atoms with Crippen LogP contribution in [-0.4, -0.2) is 28.2 Å². The third kappa shape index (κ3) is 3.10. The van der Waals surface area contributed by atoms with E-state index in [2.05, 4.69) is 18.5 Å². The zero-order chi connectivity index (χ0) is 9.90. The van der Waals surface area contributed by atoms with Gasteiger partial charge in [0.25, 0.3) is 0 Å². The van der Waals surface area contributed by atoms with E-state index in [1.165, 1.54) is 0 Å². The second-order valence-electron chi connectivity index (χ2n) is 3.88. The van der Waals surface area contributed by atoms with Crippen molar-refractivity contribution in [2.24, 2.45) is 0 Å². The van der Waals surface area contributed by atoms with Gasteiger partial charge in [-0.1, -0.05) is 6.92 Å². The average Bonchev–Trinajstić information content (AvgIpc) is 2.09. The van der Waals surface area contributed by atoms with E-state index < -0.39 is 6.09 Å². The molecule has 1 amide bonds. The maximum absolute atomic E-state index is 10.4. The molecule has 0 radical (unpaired) electrons. The third-order valence-corrected chi connectivity index (χ3v) is 4.26.